The molecule has 8 heteroatoms. The number of likely N-dealkylation sites (tertiary alicyclic amines) is 1. The molecule has 3 fully saturated rings. The van der Waals surface area contributed by atoms with Crippen LogP contribution in [0.25, 0.3) is 0 Å². The maximum atomic E-state index is 12.9. The molecule has 28 heavy (non-hydrogen) atoms. The Morgan fingerprint density at radius 1 is 1.14 bits per heavy atom. The normalized spacial score (nSPS) is 28.7. The summed E-state index contributed by atoms with van der Waals surface area (Å²) in [5, 5.41) is 0.497. The summed E-state index contributed by atoms with van der Waals surface area (Å²) in [5.41, 5.74) is 0.529. The first-order chi connectivity index (χ1) is 13.5. The van der Waals surface area contributed by atoms with Crippen molar-refractivity contribution in [2.45, 2.75) is 25.3 Å². The van der Waals surface area contributed by atoms with E-state index < -0.39 is 0 Å². The van der Waals surface area contributed by atoms with Crippen LogP contribution in [0.3, 0.4) is 0 Å². The van der Waals surface area contributed by atoms with E-state index in [2.05, 4.69) is 0 Å². The first kappa shape index (κ1) is 19.4. The minimum Gasteiger partial charge on any atom is -0.378 e. The number of imide groups is 1. The van der Waals surface area contributed by atoms with Crippen molar-refractivity contribution in [3.05, 3.63) is 29.3 Å². The minimum atomic E-state index is -0.370. The third kappa shape index (κ3) is 3.79. The van der Waals surface area contributed by atoms with Crippen LogP contribution < -0.4 is 9.80 Å². The van der Waals surface area contributed by atoms with E-state index in [0.29, 0.717) is 37.0 Å². The van der Waals surface area contributed by atoms with Gasteiger partial charge in [0.2, 0.25) is 11.8 Å². The number of halogens is 1. The maximum Gasteiger partial charge on any atom is 0.292 e. The van der Waals surface area contributed by atoms with E-state index in [4.69, 9.17) is 16.3 Å². The lowest BCUT2D eigenvalue weighted by atomic mass is 9.94. The molecule has 3 aliphatic heterocycles. The Bertz CT molecular complexity index is 772. The van der Waals surface area contributed by atoms with Crippen LogP contribution in [0.5, 0.6) is 0 Å². The van der Waals surface area contributed by atoms with Crippen molar-refractivity contribution in [2.24, 2.45) is 5.92 Å². The summed E-state index contributed by atoms with van der Waals surface area (Å²) in [6.07, 6.45) is 1.71. The molecule has 0 saturated carbocycles. The summed E-state index contributed by atoms with van der Waals surface area (Å²) >= 11 is 6.02. The van der Waals surface area contributed by atoms with Crippen LogP contribution in [-0.2, 0) is 19.1 Å². The molecule has 3 heterocycles. The van der Waals surface area contributed by atoms with Gasteiger partial charge in [0.25, 0.3) is 5.91 Å². The fourth-order valence-corrected chi connectivity index (χ4v) is 4.65. The van der Waals surface area contributed by atoms with Crippen molar-refractivity contribution in [2.75, 3.05) is 44.3 Å². The molecule has 0 spiro atoms. The smallest absolute Gasteiger partial charge is 0.292 e. The molecule has 4 rings (SSSR count). The minimum absolute atomic E-state index is 0.0121. The number of morpholine rings is 1. The molecule has 150 valence electrons. The lowest BCUT2D eigenvalue weighted by molar-refractivity contribution is -0.920. The van der Waals surface area contributed by atoms with Gasteiger partial charge in [0.05, 0.1) is 38.4 Å². The van der Waals surface area contributed by atoms with Crippen LogP contribution in [0.1, 0.15) is 19.3 Å². The third-order valence-electron chi connectivity index (χ3n) is 6.01. The van der Waals surface area contributed by atoms with Crippen molar-refractivity contribution >= 4 is 35.0 Å². The van der Waals surface area contributed by atoms with Crippen LogP contribution in [-0.4, -0.2) is 68.1 Å². The van der Waals surface area contributed by atoms with Crippen molar-refractivity contribution in [1.82, 2.24) is 4.90 Å². The van der Waals surface area contributed by atoms with E-state index in [0.717, 1.165) is 30.8 Å². The number of amides is 3. The quantitative estimate of drug-likeness (QED) is 0.724. The van der Waals surface area contributed by atoms with Crippen LogP contribution in [0, 0.1) is 5.92 Å². The molecule has 1 aromatic rings. The summed E-state index contributed by atoms with van der Waals surface area (Å²) in [6, 6.07) is 6.46. The lowest BCUT2D eigenvalue weighted by Crippen LogP contribution is -3.17. The molecule has 3 aliphatic rings. The van der Waals surface area contributed by atoms with Gasteiger partial charge in [-0.3, -0.25) is 14.4 Å². The largest absolute Gasteiger partial charge is 0.378 e. The Morgan fingerprint density at radius 3 is 2.54 bits per heavy atom. The highest BCUT2D eigenvalue weighted by Gasteiger charge is 2.47. The number of anilines is 1. The Kier molecular flexibility index (Phi) is 5.66. The van der Waals surface area contributed by atoms with E-state index in [1.54, 1.807) is 24.3 Å². The predicted octanol–water partition coefficient (Wildman–Crippen LogP) is 0.126. The fourth-order valence-electron chi connectivity index (χ4n) is 4.46. The van der Waals surface area contributed by atoms with Gasteiger partial charge in [0, 0.05) is 36.9 Å². The monoisotopic (exact) mass is 406 g/mol. The van der Waals surface area contributed by atoms with Gasteiger partial charge in [-0.05, 0) is 18.2 Å². The molecular weight excluding hydrogens is 382 g/mol. The molecule has 1 N–H and O–H groups in total. The number of benzene rings is 1. The Balaban J connectivity index is 1.38. The number of quaternary nitrogens is 1. The van der Waals surface area contributed by atoms with Gasteiger partial charge >= 0.3 is 0 Å². The van der Waals surface area contributed by atoms with Crippen LogP contribution in [0.4, 0.5) is 5.69 Å². The van der Waals surface area contributed by atoms with Gasteiger partial charge in [0.1, 0.15) is 0 Å². The lowest BCUT2D eigenvalue weighted by Gasteiger charge is -2.35. The zero-order chi connectivity index (χ0) is 19.7. The SMILES string of the molecule is O=C(C1CC[NH+]([C@H]2CC(=O)N(c3cccc(Cl)c3)C2=O)CC1)N1CCOCC1. The highest BCUT2D eigenvalue weighted by atomic mass is 35.5. The second kappa shape index (κ2) is 8.19. The number of nitrogens with zero attached hydrogens (tertiary/aromatic N) is 2. The summed E-state index contributed by atoms with van der Waals surface area (Å²) in [4.78, 5) is 42.4. The second-order valence-corrected chi connectivity index (χ2v) is 8.11. The molecule has 1 aromatic carbocycles. The summed E-state index contributed by atoms with van der Waals surface area (Å²) in [5.74, 6) is -0.133. The number of nitrogens with one attached hydrogen (secondary N) is 1. The molecule has 0 unspecified atom stereocenters. The highest BCUT2D eigenvalue weighted by molar-refractivity contribution is 6.31. The van der Waals surface area contributed by atoms with E-state index >= 15 is 0 Å². The Hall–Kier alpha value is -1.96. The van der Waals surface area contributed by atoms with Crippen molar-refractivity contribution < 1.29 is 24.0 Å². The van der Waals surface area contributed by atoms with Crippen molar-refractivity contribution in [3.63, 3.8) is 0 Å². The van der Waals surface area contributed by atoms with Gasteiger partial charge in [-0.15, -0.1) is 0 Å². The molecule has 7 nitrogen and oxygen atoms in total. The fraction of sp³-hybridized carbons (Fsp3) is 0.550. The number of carbonyl (C=O) groups is 3. The molecule has 0 radical (unpaired) electrons. The number of hydrogen-bond donors (Lipinski definition) is 1. The van der Waals surface area contributed by atoms with E-state index in [1.807, 2.05) is 4.90 Å². The van der Waals surface area contributed by atoms with Crippen LogP contribution in [0.2, 0.25) is 5.02 Å². The van der Waals surface area contributed by atoms with Gasteiger partial charge in [-0.1, -0.05) is 17.7 Å². The van der Waals surface area contributed by atoms with Crippen LogP contribution >= 0.6 is 11.6 Å². The topological polar surface area (TPSA) is 71.4 Å². The summed E-state index contributed by atoms with van der Waals surface area (Å²) in [6.45, 7) is 4.00. The van der Waals surface area contributed by atoms with E-state index in [1.165, 1.54) is 4.90 Å². The van der Waals surface area contributed by atoms with Gasteiger partial charge in [0.15, 0.2) is 6.04 Å². The Morgan fingerprint density at radius 2 is 1.86 bits per heavy atom. The van der Waals surface area contributed by atoms with E-state index in [9.17, 15) is 14.4 Å². The van der Waals surface area contributed by atoms with Gasteiger partial charge in [-0.25, -0.2) is 4.90 Å². The molecule has 0 bridgehead atoms. The standard InChI is InChI=1S/C20H24ClN3O4/c21-15-2-1-3-16(12-15)24-18(25)13-17(20(24)27)22-6-4-14(5-7-22)19(26)23-8-10-28-11-9-23/h1-3,12,14,17H,4-11,13H2/p+1/t17-/m0/s1. The zero-order valence-electron chi connectivity index (χ0n) is 15.7. The van der Waals surface area contributed by atoms with Gasteiger partial charge < -0.3 is 14.5 Å². The van der Waals surface area contributed by atoms with Gasteiger partial charge in [-0.2, -0.15) is 0 Å². The molecular formula is C20H25ClN3O4+. The van der Waals surface area contributed by atoms with Crippen molar-refractivity contribution in [1.29, 1.82) is 0 Å². The predicted molar refractivity (Wildman–Crippen MR) is 103 cm³/mol. The maximum absolute atomic E-state index is 12.9. The molecule has 3 saturated heterocycles. The average Bonchev–Trinajstić information content (AvgIpc) is 3.02. The van der Waals surface area contributed by atoms with Crippen LogP contribution in [0.15, 0.2) is 24.3 Å². The highest BCUT2D eigenvalue weighted by Crippen LogP contribution is 2.25. The number of rotatable bonds is 3. The van der Waals surface area contributed by atoms with Crippen molar-refractivity contribution in [3.8, 4) is 0 Å². The first-order valence-corrected chi connectivity index (χ1v) is 10.3. The first-order valence-electron chi connectivity index (χ1n) is 9.88. The number of ether oxygens (including phenoxy) is 1. The molecule has 0 aliphatic carbocycles. The average molecular weight is 407 g/mol. The number of hydrogen-bond acceptors (Lipinski definition) is 4. The molecule has 1 atom stereocenters. The molecule has 0 aromatic heterocycles. The summed E-state index contributed by atoms with van der Waals surface area (Å²) in [7, 11) is 0. The summed E-state index contributed by atoms with van der Waals surface area (Å²) < 4.78 is 5.32. The number of piperidine rings is 1. The Labute approximate surface area is 169 Å². The number of carbonyl (C=O) groups excluding carboxylic acids is 3. The second-order valence-electron chi connectivity index (χ2n) is 7.67. The third-order valence-corrected chi connectivity index (χ3v) is 6.24. The zero-order valence-corrected chi connectivity index (χ0v) is 16.5. The molecule has 3 amide bonds. The van der Waals surface area contributed by atoms with E-state index in [-0.39, 0.29) is 36.1 Å².